The van der Waals surface area contributed by atoms with Gasteiger partial charge in [0.25, 0.3) is 0 Å². The van der Waals surface area contributed by atoms with Crippen molar-refractivity contribution in [2.24, 2.45) is 17.4 Å². The van der Waals surface area contributed by atoms with E-state index in [0.29, 0.717) is 18.6 Å². The molecule has 2 aromatic rings. The van der Waals surface area contributed by atoms with Gasteiger partial charge in [0.05, 0.1) is 6.04 Å². The van der Waals surface area contributed by atoms with Crippen molar-refractivity contribution < 1.29 is 29.1 Å². The number of carbonyl (C=O) groups excluding carboxylic acids is 4. The fourth-order valence-corrected chi connectivity index (χ4v) is 4.69. The topological polar surface area (TPSA) is 209 Å². The minimum Gasteiger partial charge on any atom is -0.480 e. The van der Waals surface area contributed by atoms with E-state index in [0.717, 1.165) is 16.5 Å². The third-order valence-corrected chi connectivity index (χ3v) is 6.98. The molecule has 4 atom stereocenters. The quantitative estimate of drug-likeness (QED) is 0.142. The first-order valence-corrected chi connectivity index (χ1v) is 14.5. The second-order valence-corrected chi connectivity index (χ2v) is 11.1. The van der Waals surface area contributed by atoms with Crippen LogP contribution in [0.2, 0.25) is 0 Å². The predicted molar refractivity (Wildman–Crippen MR) is 154 cm³/mol. The van der Waals surface area contributed by atoms with Gasteiger partial charge in [-0.2, -0.15) is 11.8 Å². The molecule has 1 aromatic heterocycles. The van der Waals surface area contributed by atoms with Crippen LogP contribution in [0.5, 0.6) is 0 Å². The monoisotopic (exact) mass is 576 g/mol. The molecule has 4 amide bonds. The van der Waals surface area contributed by atoms with Crippen molar-refractivity contribution in [2.45, 2.75) is 70.1 Å². The molecule has 0 aliphatic heterocycles. The Morgan fingerprint density at radius 3 is 2.20 bits per heavy atom. The number of nitrogens with two attached hydrogens (primary N) is 2. The lowest BCUT2D eigenvalue weighted by molar-refractivity contribution is -0.142. The smallest absolute Gasteiger partial charge is 0.326 e. The molecule has 13 heteroatoms. The largest absolute Gasteiger partial charge is 0.480 e. The Hall–Kier alpha value is -3.58. The van der Waals surface area contributed by atoms with Gasteiger partial charge in [0.2, 0.25) is 23.6 Å². The van der Waals surface area contributed by atoms with Crippen LogP contribution in [0.3, 0.4) is 0 Å². The number of carboxylic acid groups (broad SMARTS) is 1. The van der Waals surface area contributed by atoms with E-state index in [1.54, 1.807) is 6.20 Å². The zero-order chi connectivity index (χ0) is 29.8. The normalized spacial score (nSPS) is 14.2. The van der Waals surface area contributed by atoms with E-state index < -0.39 is 53.8 Å². The highest BCUT2D eigenvalue weighted by Crippen LogP contribution is 2.19. The van der Waals surface area contributed by atoms with E-state index in [9.17, 15) is 29.1 Å². The molecular weight excluding hydrogens is 536 g/mol. The minimum atomic E-state index is -1.39. The summed E-state index contributed by atoms with van der Waals surface area (Å²) in [6, 6.07) is 3.11. The maximum absolute atomic E-state index is 13.4. The number of thioether (sulfide) groups is 1. The molecule has 9 N–H and O–H groups in total. The lowest BCUT2D eigenvalue weighted by Gasteiger charge is -2.25. The van der Waals surface area contributed by atoms with Crippen molar-refractivity contribution >= 4 is 52.3 Å². The number of hydrogen-bond acceptors (Lipinski definition) is 7. The van der Waals surface area contributed by atoms with Crippen molar-refractivity contribution in [1.29, 1.82) is 0 Å². The molecule has 4 unspecified atom stereocenters. The number of nitrogens with one attached hydrogen (secondary N) is 4. The van der Waals surface area contributed by atoms with Gasteiger partial charge in [0, 0.05) is 29.9 Å². The molecule has 0 aliphatic rings. The Labute approximate surface area is 237 Å². The molecule has 0 spiro atoms. The van der Waals surface area contributed by atoms with E-state index in [-0.39, 0.29) is 25.2 Å². The first-order chi connectivity index (χ1) is 18.9. The van der Waals surface area contributed by atoms with Crippen LogP contribution in [-0.4, -0.2) is 75.9 Å². The molecule has 1 heterocycles. The van der Waals surface area contributed by atoms with Gasteiger partial charge >= 0.3 is 5.97 Å². The van der Waals surface area contributed by atoms with Crippen LogP contribution in [0.4, 0.5) is 0 Å². The summed E-state index contributed by atoms with van der Waals surface area (Å²) in [5, 5.41) is 18.2. The van der Waals surface area contributed by atoms with Crippen LogP contribution >= 0.6 is 11.8 Å². The van der Waals surface area contributed by atoms with Gasteiger partial charge in [0.15, 0.2) is 0 Å². The van der Waals surface area contributed by atoms with Crippen molar-refractivity contribution in [3.63, 3.8) is 0 Å². The number of aromatic nitrogens is 1. The number of carboxylic acids is 1. The number of para-hydroxylation sites is 1. The Kier molecular flexibility index (Phi) is 12.9. The third kappa shape index (κ3) is 10.2. The predicted octanol–water partition coefficient (Wildman–Crippen LogP) is 0.641. The molecule has 12 nitrogen and oxygen atoms in total. The van der Waals surface area contributed by atoms with Crippen molar-refractivity contribution in [3.05, 3.63) is 36.0 Å². The van der Waals surface area contributed by atoms with Gasteiger partial charge in [-0.1, -0.05) is 32.0 Å². The zero-order valence-electron chi connectivity index (χ0n) is 23.1. The first-order valence-electron chi connectivity index (χ1n) is 13.1. The van der Waals surface area contributed by atoms with Crippen LogP contribution < -0.4 is 27.4 Å². The third-order valence-electron chi connectivity index (χ3n) is 6.33. The van der Waals surface area contributed by atoms with E-state index in [1.165, 1.54) is 11.8 Å². The number of fused-ring (bicyclic) bond motifs is 1. The second-order valence-electron chi connectivity index (χ2n) is 10.1. The summed E-state index contributed by atoms with van der Waals surface area (Å²) < 4.78 is 0. The molecular formula is C27H40N6O6S. The minimum absolute atomic E-state index is 0.0415. The molecule has 0 saturated carbocycles. The lowest BCUT2D eigenvalue weighted by Crippen LogP contribution is -2.57. The van der Waals surface area contributed by atoms with Crippen LogP contribution in [0.15, 0.2) is 30.5 Å². The van der Waals surface area contributed by atoms with E-state index in [2.05, 4.69) is 20.9 Å². The Bertz CT molecular complexity index is 1190. The fourth-order valence-electron chi connectivity index (χ4n) is 4.22. The van der Waals surface area contributed by atoms with Gasteiger partial charge in [-0.15, -0.1) is 0 Å². The second kappa shape index (κ2) is 15.9. The first kappa shape index (κ1) is 32.6. The summed E-state index contributed by atoms with van der Waals surface area (Å²) in [5.41, 5.74) is 12.7. The van der Waals surface area contributed by atoms with Gasteiger partial charge in [-0.3, -0.25) is 19.2 Å². The number of amides is 4. The van der Waals surface area contributed by atoms with Gasteiger partial charge in [-0.05, 0) is 48.8 Å². The highest BCUT2D eigenvalue weighted by molar-refractivity contribution is 7.98. The molecule has 40 heavy (non-hydrogen) atoms. The molecule has 0 bridgehead atoms. The summed E-state index contributed by atoms with van der Waals surface area (Å²) in [4.78, 5) is 65.6. The summed E-state index contributed by atoms with van der Waals surface area (Å²) in [5.74, 6) is -3.11. The zero-order valence-corrected chi connectivity index (χ0v) is 23.9. The van der Waals surface area contributed by atoms with Crippen molar-refractivity contribution in [3.8, 4) is 0 Å². The number of carbonyl (C=O) groups is 5. The van der Waals surface area contributed by atoms with Crippen molar-refractivity contribution in [1.82, 2.24) is 20.9 Å². The van der Waals surface area contributed by atoms with E-state index >= 15 is 0 Å². The molecule has 220 valence electrons. The number of hydrogen-bond donors (Lipinski definition) is 7. The molecule has 0 fully saturated rings. The van der Waals surface area contributed by atoms with E-state index in [1.807, 2.05) is 44.4 Å². The maximum Gasteiger partial charge on any atom is 0.326 e. The highest BCUT2D eigenvalue weighted by Gasteiger charge is 2.31. The maximum atomic E-state index is 13.4. The summed E-state index contributed by atoms with van der Waals surface area (Å²) in [6.45, 7) is 3.87. The van der Waals surface area contributed by atoms with Crippen LogP contribution in [-0.2, 0) is 30.4 Å². The van der Waals surface area contributed by atoms with Crippen molar-refractivity contribution in [2.75, 3.05) is 12.0 Å². The summed E-state index contributed by atoms with van der Waals surface area (Å²) >= 11 is 1.49. The molecule has 0 saturated heterocycles. The number of aliphatic carboxylic acids is 1. The number of rotatable bonds is 17. The van der Waals surface area contributed by atoms with Crippen LogP contribution in [0.25, 0.3) is 10.9 Å². The summed E-state index contributed by atoms with van der Waals surface area (Å²) in [7, 11) is 0. The van der Waals surface area contributed by atoms with Gasteiger partial charge in [0.1, 0.15) is 18.1 Å². The average Bonchev–Trinajstić information content (AvgIpc) is 3.30. The Morgan fingerprint density at radius 1 is 0.950 bits per heavy atom. The van der Waals surface area contributed by atoms with E-state index in [4.69, 9.17) is 11.5 Å². The standard InChI is InChI=1S/C27H40N6O6S/c1-15(2)12-18(28)24(35)31-20(10-11-40-3)25(36)33-22(13-16-14-30-19-7-5-4-6-17(16)19)26(37)32-21(27(38)39)8-9-23(29)34/h4-7,14-15,18,20-22,30H,8-13,28H2,1-3H3,(H2,29,34)(H,31,35)(H,32,37)(H,33,36)(H,38,39). The number of benzene rings is 1. The molecule has 0 aliphatic carbocycles. The number of primary amides is 1. The van der Waals surface area contributed by atoms with Crippen LogP contribution in [0, 0.1) is 5.92 Å². The van der Waals surface area contributed by atoms with Crippen LogP contribution in [0.1, 0.15) is 45.1 Å². The van der Waals surface area contributed by atoms with Gasteiger partial charge < -0.3 is 37.5 Å². The average molecular weight is 577 g/mol. The molecule has 2 rings (SSSR count). The Balaban J connectivity index is 2.30. The number of H-pyrrole nitrogens is 1. The SMILES string of the molecule is CSCCC(NC(=O)C(N)CC(C)C)C(=O)NC(Cc1c[nH]c2ccccc12)C(=O)NC(CCC(N)=O)C(=O)O. The summed E-state index contributed by atoms with van der Waals surface area (Å²) in [6.07, 6.45) is 3.92. The Morgan fingerprint density at radius 2 is 1.57 bits per heavy atom. The number of aromatic amines is 1. The molecule has 1 aromatic carbocycles. The van der Waals surface area contributed by atoms with Gasteiger partial charge in [-0.25, -0.2) is 4.79 Å². The highest BCUT2D eigenvalue weighted by atomic mass is 32.2. The molecule has 0 radical (unpaired) electrons. The fraction of sp³-hybridized carbons (Fsp3) is 0.519. The lowest BCUT2D eigenvalue weighted by atomic mass is 10.0.